The number of halogens is 2. The molecule has 1 heterocycles. The molecule has 0 fully saturated rings. The van der Waals surface area contributed by atoms with Crippen molar-refractivity contribution in [2.45, 2.75) is 19.9 Å². The minimum atomic E-state index is -0.964. The van der Waals surface area contributed by atoms with E-state index in [1.165, 1.54) is 6.07 Å². The van der Waals surface area contributed by atoms with Crippen molar-refractivity contribution < 1.29 is 14.4 Å². The molecule has 3 amide bonds. The molecule has 0 aliphatic carbocycles. The first kappa shape index (κ1) is 18.4. The quantitative estimate of drug-likeness (QED) is 0.793. The van der Waals surface area contributed by atoms with E-state index < -0.39 is 23.8 Å². The average Bonchev–Trinajstić information content (AvgIpc) is 2.83. The average molecular weight is 391 g/mol. The number of anilines is 1. The van der Waals surface area contributed by atoms with Crippen molar-refractivity contribution >= 4 is 46.6 Å². The Morgan fingerprint density at radius 2 is 1.58 bits per heavy atom. The Balaban J connectivity index is 1.92. The normalized spacial score (nSPS) is 14.6. The van der Waals surface area contributed by atoms with E-state index in [-0.39, 0.29) is 10.9 Å². The molecule has 0 radical (unpaired) electrons. The number of fused-ring (bicyclic) bond motifs is 1. The fourth-order valence-corrected chi connectivity index (χ4v) is 3.43. The minimum Gasteiger partial charge on any atom is -0.323 e. The lowest BCUT2D eigenvalue weighted by atomic mass is 10.0. The number of carbonyl (C=O) groups excluding carboxylic acids is 3. The topological polar surface area (TPSA) is 66.5 Å². The summed E-state index contributed by atoms with van der Waals surface area (Å²) in [4.78, 5) is 39.3. The maximum atomic E-state index is 12.9. The molecule has 0 saturated heterocycles. The number of nitrogens with one attached hydrogen (secondary N) is 1. The smallest absolute Gasteiger partial charge is 0.262 e. The Labute approximate surface area is 160 Å². The third kappa shape index (κ3) is 3.20. The standard InChI is InChI=1S/C19H16Cl2N2O3/c1-10(2)16(17(24)22-15-8-7-11(20)9-14(15)21)23-18(25)12-5-3-4-6-13(12)19(23)26/h3-10,16H,1-2H3,(H,22,24)/t16-/m1/s1. The van der Waals surface area contributed by atoms with Gasteiger partial charge in [0.2, 0.25) is 5.91 Å². The maximum Gasteiger partial charge on any atom is 0.262 e. The van der Waals surface area contributed by atoms with Gasteiger partial charge in [0.15, 0.2) is 0 Å². The molecular weight excluding hydrogens is 375 g/mol. The van der Waals surface area contributed by atoms with Gasteiger partial charge in [-0.05, 0) is 36.2 Å². The Bertz CT molecular complexity index is 876. The zero-order valence-electron chi connectivity index (χ0n) is 14.1. The van der Waals surface area contributed by atoms with E-state index in [0.29, 0.717) is 21.8 Å². The van der Waals surface area contributed by atoms with Gasteiger partial charge in [0.25, 0.3) is 11.8 Å². The molecule has 1 aliphatic heterocycles. The molecule has 2 aromatic rings. The Kier molecular flexibility index (Phi) is 5.03. The number of nitrogens with zero attached hydrogens (tertiary/aromatic N) is 1. The first-order chi connectivity index (χ1) is 12.3. The number of carbonyl (C=O) groups is 3. The fourth-order valence-electron chi connectivity index (χ4n) is 2.98. The zero-order valence-corrected chi connectivity index (χ0v) is 15.6. The molecule has 0 spiro atoms. The van der Waals surface area contributed by atoms with Crippen molar-refractivity contribution in [3.8, 4) is 0 Å². The van der Waals surface area contributed by atoms with Crippen LogP contribution in [0.5, 0.6) is 0 Å². The first-order valence-electron chi connectivity index (χ1n) is 8.04. The van der Waals surface area contributed by atoms with Gasteiger partial charge in [0.05, 0.1) is 21.8 Å². The van der Waals surface area contributed by atoms with E-state index in [0.717, 1.165) is 4.90 Å². The molecule has 1 aliphatic rings. The van der Waals surface area contributed by atoms with Gasteiger partial charge in [0, 0.05) is 5.02 Å². The molecule has 1 atom stereocenters. The third-order valence-corrected chi connectivity index (χ3v) is 4.74. The second-order valence-corrected chi connectivity index (χ2v) is 7.17. The van der Waals surface area contributed by atoms with Crippen LogP contribution in [0.2, 0.25) is 10.0 Å². The van der Waals surface area contributed by atoms with Gasteiger partial charge in [-0.1, -0.05) is 49.2 Å². The molecule has 1 N–H and O–H groups in total. The number of benzene rings is 2. The van der Waals surface area contributed by atoms with E-state index in [1.807, 2.05) is 0 Å². The predicted molar refractivity (Wildman–Crippen MR) is 101 cm³/mol. The second-order valence-electron chi connectivity index (χ2n) is 6.33. The van der Waals surface area contributed by atoms with Gasteiger partial charge >= 0.3 is 0 Å². The summed E-state index contributed by atoms with van der Waals surface area (Å²) in [7, 11) is 0. The third-order valence-electron chi connectivity index (χ3n) is 4.19. The Morgan fingerprint density at radius 1 is 1.00 bits per heavy atom. The van der Waals surface area contributed by atoms with Crippen molar-refractivity contribution in [1.29, 1.82) is 0 Å². The Morgan fingerprint density at radius 3 is 2.08 bits per heavy atom. The van der Waals surface area contributed by atoms with Crippen molar-refractivity contribution in [3.63, 3.8) is 0 Å². The van der Waals surface area contributed by atoms with Crippen LogP contribution in [0.1, 0.15) is 34.6 Å². The summed E-state index contributed by atoms with van der Waals surface area (Å²) in [6.45, 7) is 3.55. The molecule has 0 bridgehead atoms. The van der Waals surface area contributed by atoms with Crippen LogP contribution in [0, 0.1) is 5.92 Å². The maximum absolute atomic E-state index is 12.9. The van der Waals surface area contributed by atoms with Crippen LogP contribution in [-0.2, 0) is 4.79 Å². The number of hydrogen-bond acceptors (Lipinski definition) is 3. The molecule has 0 unspecified atom stereocenters. The molecule has 5 nitrogen and oxygen atoms in total. The first-order valence-corrected chi connectivity index (χ1v) is 8.79. The lowest BCUT2D eigenvalue weighted by molar-refractivity contribution is -0.121. The highest BCUT2D eigenvalue weighted by molar-refractivity contribution is 6.36. The van der Waals surface area contributed by atoms with Crippen molar-refractivity contribution in [2.75, 3.05) is 5.32 Å². The zero-order chi connectivity index (χ0) is 19.0. The van der Waals surface area contributed by atoms with E-state index in [4.69, 9.17) is 23.2 Å². The molecule has 2 aromatic carbocycles. The van der Waals surface area contributed by atoms with Gasteiger partial charge in [-0.2, -0.15) is 0 Å². The highest BCUT2D eigenvalue weighted by Crippen LogP contribution is 2.29. The van der Waals surface area contributed by atoms with Gasteiger partial charge in [-0.3, -0.25) is 19.3 Å². The highest BCUT2D eigenvalue weighted by atomic mass is 35.5. The number of imide groups is 1. The van der Waals surface area contributed by atoms with Gasteiger partial charge in [-0.25, -0.2) is 0 Å². The van der Waals surface area contributed by atoms with E-state index in [9.17, 15) is 14.4 Å². The van der Waals surface area contributed by atoms with Crippen LogP contribution in [0.15, 0.2) is 42.5 Å². The Hall–Kier alpha value is -2.37. The largest absolute Gasteiger partial charge is 0.323 e. The highest BCUT2D eigenvalue weighted by Gasteiger charge is 2.43. The summed E-state index contributed by atoms with van der Waals surface area (Å²) in [6, 6.07) is 10.2. The molecule has 26 heavy (non-hydrogen) atoms. The van der Waals surface area contributed by atoms with Crippen LogP contribution in [0.4, 0.5) is 5.69 Å². The lowest BCUT2D eigenvalue weighted by Gasteiger charge is -2.28. The molecule has 134 valence electrons. The molecule has 7 heteroatoms. The van der Waals surface area contributed by atoms with Crippen LogP contribution in [0.25, 0.3) is 0 Å². The fraction of sp³-hybridized carbons (Fsp3) is 0.211. The minimum absolute atomic E-state index is 0.274. The summed E-state index contributed by atoms with van der Waals surface area (Å²) in [5.74, 6) is -1.72. The van der Waals surface area contributed by atoms with E-state index in [1.54, 1.807) is 50.2 Å². The van der Waals surface area contributed by atoms with E-state index >= 15 is 0 Å². The molecular formula is C19H16Cl2N2O3. The van der Waals surface area contributed by atoms with Gasteiger partial charge in [0.1, 0.15) is 6.04 Å². The lowest BCUT2D eigenvalue weighted by Crippen LogP contribution is -2.50. The SMILES string of the molecule is CC(C)[C@H](C(=O)Nc1ccc(Cl)cc1Cl)N1C(=O)c2ccccc2C1=O. The van der Waals surface area contributed by atoms with Gasteiger partial charge in [-0.15, -0.1) is 0 Å². The monoisotopic (exact) mass is 390 g/mol. The summed E-state index contributed by atoms with van der Waals surface area (Å²) < 4.78 is 0. The van der Waals surface area contributed by atoms with Crippen LogP contribution in [0.3, 0.4) is 0 Å². The summed E-state index contributed by atoms with van der Waals surface area (Å²) >= 11 is 12.0. The van der Waals surface area contributed by atoms with Crippen LogP contribution in [-0.4, -0.2) is 28.7 Å². The number of rotatable bonds is 4. The van der Waals surface area contributed by atoms with Gasteiger partial charge < -0.3 is 5.32 Å². The summed E-state index contributed by atoms with van der Waals surface area (Å²) in [6.07, 6.45) is 0. The number of amides is 3. The predicted octanol–water partition coefficient (Wildman–Crippen LogP) is 4.25. The number of hydrogen-bond donors (Lipinski definition) is 1. The van der Waals surface area contributed by atoms with E-state index in [2.05, 4.69) is 5.32 Å². The molecule has 3 rings (SSSR count). The van der Waals surface area contributed by atoms with Crippen molar-refractivity contribution in [3.05, 3.63) is 63.6 Å². The van der Waals surface area contributed by atoms with Crippen LogP contribution >= 0.6 is 23.2 Å². The summed E-state index contributed by atoms with van der Waals surface area (Å²) in [5, 5.41) is 3.40. The van der Waals surface area contributed by atoms with Crippen molar-refractivity contribution in [2.24, 2.45) is 5.92 Å². The second kappa shape index (κ2) is 7.09. The summed E-state index contributed by atoms with van der Waals surface area (Å²) in [5.41, 5.74) is 0.976. The van der Waals surface area contributed by atoms with Crippen LogP contribution < -0.4 is 5.32 Å². The molecule has 0 saturated carbocycles. The van der Waals surface area contributed by atoms with Crippen molar-refractivity contribution in [1.82, 2.24) is 4.90 Å². The molecule has 0 aromatic heterocycles.